The highest BCUT2D eigenvalue weighted by molar-refractivity contribution is 7.89. The average Bonchev–Trinajstić information content (AvgIpc) is 3.16. The van der Waals surface area contributed by atoms with Gasteiger partial charge in [-0.15, -0.1) is 0 Å². The number of likely N-dealkylation sites (N-methyl/N-ethyl adjacent to an activating group) is 1. The van der Waals surface area contributed by atoms with Crippen LogP contribution in [0.4, 0.5) is 0 Å². The molecular formula is C17H29N5O4S. The number of sulfonamides is 1. The highest BCUT2D eigenvalue weighted by Gasteiger charge is 2.34. The van der Waals surface area contributed by atoms with E-state index in [1.54, 1.807) is 20.0 Å². The fraction of sp³-hybridized carbons (Fsp3) is 0.765. The number of hydrogen-bond acceptors (Lipinski definition) is 6. The third-order valence-electron chi connectivity index (χ3n) is 5.50. The number of likely N-dealkylation sites (tertiary alicyclic amines) is 1. The van der Waals surface area contributed by atoms with Crippen LogP contribution in [-0.2, 0) is 26.6 Å². The fourth-order valence-electron chi connectivity index (χ4n) is 3.84. The minimum Gasteiger partial charge on any atom is -0.378 e. The van der Waals surface area contributed by atoms with Gasteiger partial charge < -0.3 is 9.64 Å². The second-order valence-electron chi connectivity index (χ2n) is 7.35. The molecule has 1 aromatic rings. The van der Waals surface area contributed by atoms with Crippen LogP contribution in [0.3, 0.4) is 0 Å². The predicted octanol–water partition coefficient (Wildman–Crippen LogP) is -0.281. The first-order valence-electron chi connectivity index (χ1n) is 9.35. The van der Waals surface area contributed by atoms with Crippen LogP contribution in [-0.4, -0.2) is 85.9 Å². The van der Waals surface area contributed by atoms with E-state index in [-0.39, 0.29) is 23.0 Å². The zero-order valence-electron chi connectivity index (χ0n) is 16.2. The monoisotopic (exact) mass is 399 g/mol. The highest BCUT2D eigenvalue weighted by atomic mass is 32.2. The lowest BCUT2D eigenvalue weighted by molar-refractivity contribution is -0.136. The number of amides is 1. The van der Waals surface area contributed by atoms with Crippen molar-refractivity contribution in [3.8, 4) is 0 Å². The van der Waals surface area contributed by atoms with Crippen LogP contribution in [0.15, 0.2) is 11.1 Å². The van der Waals surface area contributed by atoms with Gasteiger partial charge >= 0.3 is 0 Å². The molecule has 2 aliphatic rings. The Bertz CT molecular complexity index is 772. The second-order valence-corrected chi connectivity index (χ2v) is 9.06. The molecule has 0 saturated carbocycles. The number of rotatable bonds is 6. The van der Waals surface area contributed by atoms with Gasteiger partial charge in [0.2, 0.25) is 5.91 Å². The summed E-state index contributed by atoms with van der Waals surface area (Å²) in [6.45, 7) is 4.60. The highest BCUT2D eigenvalue weighted by Crippen LogP contribution is 2.25. The molecule has 2 atom stereocenters. The summed E-state index contributed by atoms with van der Waals surface area (Å²) in [5, 5.41) is 4.26. The van der Waals surface area contributed by atoms with Gasteiger partial charge in [-0.2, -0.15) is 5.10 Å². The number of carbonyl (C=O) groups is 1. The van der Waals surface area contributed by atoms with Crippen LogP contribution in [0.25, 0.3) is 0 Å². The predicted molar refractivity (Wildman–Crippen MR) is 99.7 cm³/mol. The maximum Gasteiger partial charge on any atom is 0.257 e. The SMILES string of the molecule is Cc1cc(S(=O)(=O)NC[C@@H]2CC[C@H](CC(=O)N3CCOCC3)N2C)n(C)n1. The Morgan fingerprint density at radius 3 is 2.56 bits per heavy atom. The Morgan fingerprint density at radius 1 is 1.26 bits per heavy atom. The van der Waals surface area contributed by atoms with Gasteiger partial charge in [0.05, 0.1) is 18.9 Å². The Balaban J connectivity index is 1.53. The van der Waals surface area contributed by atoms with Crippen LogP contribution in [0.2, 0.25) is 0 Å². The zero-order chi connectivity index (χ0) is 19.6. The number of nitrogens with one attached hydrogen (secondary N) is 1. The lowest BCUT2D eigenvalue weighted by Crippen LogP contribution is -2.45. The maximum absolute atomic E-state index is 12.5. The van der Waals surface area contributed by atoms with E-state index in [2.05, 4.69) is 14.7 Å². The largest absolute Gasteiger partial charge is 0.378 e. The standard InChI is InChI=1S/C17H29N5O4S/c1-13-10-17(21(3)19-13)27(24,25)18-12-15-5-4-14(20(15)2)11-16(23)22-6-8-26-9-7-22/h10,14-15,18H,4-9,11-12H2,1-3H3/t14-,15+/m1/s1. The normalized spacial score (nSPS) is 24.5. The molecule has 152 valence electrons. The lowest BCUT2D eigenvalue weighted by atomic mass is 10.1. The molecule has 2 aliphatic heterocycles. The molecule has 0 aromatic carbocycles. The number of aromatic nitrogens is 2. The molecule has 3 heterocycles. The minimum absolute atomic E-state index is 0.0802. The van der Waals surface area contributed by atoms with Gasteiger partial charge in [-0.25, -0.2) is 13.1 Å². The molecule has 1 aromatic heterocycles. The van der Waals surface area contributed by atoms with Gasteiger partial charge in [0.25, 0.3) is 10.0 Å². The first-order valence-corrected chi connectivity index (χ1v) is 10.8. The summed E-state index contributed by atoms with van der Waals surface area (Å²) >= 11 is 0. The third-order valence-corrected chi connectivity index (χ3v) is 6.98. The Hall–Kier alpha value is -1.49. The van der Waals surface area contributed by atoms with Crippen molar-refractivity contribution < 1.29 is 17.9 Å². The molecule has 3 rings (SSSR count). The number of hydrogen-bond donors (Lipinski definition) is 1. The van der Waals surface area contributed by atoms with E-state index in [4.69, 9.17) is 4.74 Å². The Labute approximate surface area is 160 Å². The summed E-state index contributed by atoms with van der Waals surface area (Å²) < 4.78 is 34.4. The van der Waals surface area contributed by atoms with Gasteiger partial charge in [0, 0.05) is 45.2 Å². The molecule has 27 heavy (non-hydrogen) atoms. The molecule has 2 saturated heterocycles. The van der Waals surface area contributed by atoms with Gasteiger partial charge in [-0.3, -0.25) is 14.4 Å². The van der Waals surface area contributed by atoms with Crippen molar-refractivity contribution in [3.05, 3.63) is 11.8 Å². The summed E-state index contributed by atoms with van der Waals surface area (Å²) in [7, 11) is -0.0127. The van der Waals surface area contributed by atoms with E-state index in [0.717, 1.165) is 12.8 Å². The van der Waals surface area contributed by atoms with Gasteiger partial charge in [0.15, 0.2) is 5.03 Å². The first kappa shape index (κ1) is 20.2. The summed E-state index contributed by atoms with van der Waals surface area (Å²) in [4.78, 5) is 16.5. The molecule has 0 aliphatic carbocycles. The van der Waals surface area contributed by atoms with Gasteiger partial charge in [-0.05, 0) is 32.9 Å². The summed E-state index contributed by atoms with van der Waals surface area (Å²) in [6, 6.07) is 1.79. The van der Waals surface area contributed by atoms with Crippen molar-refractivity contribution in [1.82, 2.24) is 24.3 Å². The first-order chi connectivity index (χ1) is 12.8. The number of ether oxygens (including phenoxy) is 1. The average molecular weight is 400 g/mol. The van der Waals surface area contributed by atoms with Crippen LogP contribution >= 0.6 is 0 Å². The van der Waals surface area contributed by atoms with Crippen molar-refractivity contribution in [1.29, 1.82) is 0 Å². The molecule has 1 amide bonds. The van der Waals surface area contributed by atoms with E-state index >= 15 is 0 Å². The quantitative estimate of drug-likeness (QED) is 0.707. The van der Waals surface area contributed by atoms with Crippen LogP contribution in [0, 0.1) is 6.92 Å². The summed E-state index contributed by atoms with van der Waals surface area (Å²) in [6.07, 6.45) is 2.23. The fourth-order valence-corrected chi connectivity index (χ4v) is 5.12. The third kappa shape index (κ3) is 4.68. The van der Waals surface area contributed by atoms with E-state index < -0.39 is 10.0 Å². The molecule has 0 spiro atoms. The van der Waals surface area contributed by atoms with Crippen molar-refractivity contribution in [2.24, 2.45) is 7.05 Å². The minimum atomic E-state index is -3.60. The Morgan fingerprint density at radius 2 is 1.93 bits per heavy atom. The second kappa shape index (κ2) is 8.26. The molecule has 2 fully saturated rings. The molecule has 0 unspecified atom stereocenters. The molecular weight excluding hydrogens is 370 g/mol. The van der Waals surface area contributed by atoms with Gasteiger partial charge in [-0.1, -0.05) is 0 Å². The lowest BCUT2D eigenvalue weighted by Gasteiger charge is -2.30. The molecule has 10 heteroatoms. The molecule has 1 N–H and O–H groups in total. The van der Waals surface area contributed by atoms with Crippen LogP contribution < -0.4 is 4.72 Å². The van der Waals surface area contributed by atoms with E-state index in [1.807, 2.05) is 11.9 Å². The summed E-state index contributed by atoms with van der Waals surface area (Å²) in [5.41, 5.74) is 0.664. The number of carbonyl (C=O) groups excluding carboxylic acids is 1. The smallest absolute Gasteiger partial charge is 0.257 e. The summed E-state index contributed by atoms with van der Waals surface area (Å²) in [5.74, 6) is 0.154. The van der Waals surface area contributed by atoms with Crippen molar-refractivity contribution in [2.45, 2.75) is 43.3 Å². The Kier molecular flexibility index (Phi) is 6.19. The number of morpholine rings is 1. The maximum atomic E-state index is 12.5. The molecule has 9 nitrogen and oxygen atoms in total. The molecule has 0 radical (unpaired) electrons. The number of aryl methyl sites for hydroxylation is 2. The zero-order valence-corrected chi connectivity index (χ0v) is 17.0. The number of nitrogens with zero attached hydrogens (tertiary/aromatic N) is 4. The molecule has 0 bridgehead atoms. The van der Waals surface area contributed by atoms with Crippen LogP contribution in [0.5, 0.6) is 0 Å². The van der Waals surface area contributed by atoms with Crippen LogP contribution in [0.1, 0.15) is 25.0 Å². The van der Waals surface area contributed by atoms with Crippen molar-refractivity contribution >= 4 is 15.9 Å². The van der Waals surface area contributed by atoms with E-state index in [1.165, 1.54) is 4.68 Å². The van der Waals surface area contributed by atoms with Gasteiger partial charge in [0.1, 0.15) is 0 Å². The van der Waals surface area contributed by atoms with E-state index in [0.29, 0.717) is 45.0 Å². The van der Waals surface area contributed by atoms with Crippen molar-refractivity contribution in [3.63, 3.8) is 0 Å². The topological polar surface area (TPSA) is 96.8 Å². The van der Waals surface area contributed by atoms with E-state index in [9.17, 15) is 13.2 Å². The van der Waals surface area contributed by atoms with Crippen molar-refractivity contribution in [2.75, 3.05) is 39.9 Å².